The van der Waals surface area contributed by atoms with Crippen LogP contribution in [0, 0.1) is 0 Å². The van der Waals surface area contributed by atoms with Crippen molar-refractivity contribution in [1.82, 2.24) is 10.2 Å². The number of carbonyl (C=O) groups is 2. The minimum atomic E-state index is -0.645. The molecule has 4 aromatic rings. The number of amides is 2. The van der Waals surface area contributed by atoms with Crippen molar-refractivity contribution in [3.63, 3.8) is 0 Å². The monoisotopic (exact) mass is 520 g/mol. The van der Waals surface area contributed by atoms with Gasteiger partial charge in [-0.2, -0.15) is 0 Å². The van der Waals surface area contributed by atoms with Crippen LogP contribution in [0.5, 0.6) is 5.75 Å². The van der Waals surface area contributed by atoms with Crippen molar-refractivity contribution in [3.05, 3.63) is 138 Å². The summed E-state index contributed by atoms with van der Waals surface area (Å²) in [4.78, 5) is 29.3. The minimum absolute atomic E-state index is 0.0474. The number of nitrogens with zero attached hydrogens (tertiary/aromatic N) is 1. The summed E-state index contributed by atoms with van der Waals surface area (Å²) in [5.41, 5.74) is 4.21. The van der Waals surface area contributed by atoms with E-state index in [9.17, 15) is 9.59 Å². The lowest BCUT2D eigenvalue weighted by molar-refractivity contribution is -0.141. The first-order valence-electron chi connectivity index (χ1n) is 13.4. The Hall–Kier alpha value is -4.38. The van der Waals surface area contributed by atoms with Gasteiger partial charge in [0.2, 0.25) is 11.8 Å². The third kappa shape index (κ3) is 8.57. The molecular formula is C34H36N2O3. The van der Waals surface area contributed by atoms with E-state index in [-0.39, 0.29) is 11.8 Å². The largest absolute Gasteiger partial charge is 0.497 e. The van der Waals surface area contributed by atoms with Gasteiger partial charge in [0.25, 0.3) is 0 Å². The molecule has 4 aromatic carbocycles. The van der Waals surface area contributed by atoms with Gasteiger partial charge in [0.1, 0.15) is 11.8 Å². The van der Waals surface area contributed by atoms with E-state index < -0.39 is 6.04 Å². The van der Waals surface area contributed by atoms with Crippen LogP contribution in [0.1, 0.15) is 28.7 Å². The average Bonchev–Trinajstić information content (AvgIpc) is 2.99. The molecule has 2 amide bonds. The highest BCUT2D eigenvalue weighted by Crippen LogP contribution is 2.19. The van der Waals surface area contributed by atoms with Gasteiger partial charge in [-0.25, -0.2) is 0 Å². The Morgan fingerprint density at radius 1 is 0.692 bits per heavy atom. The number of hydrogen-bond donors (Lipinski definition) is 1. The highest BCUT2D eigenvalue weighted by molar-refractivity contribution is 5.88. The van der Waals surface area contributed by atoms with Crippen LogP contribution in [0.15, 0.2) is 115 Å². The third-order valence-electron chi connectivity index (χ3n) is 6.81. The first kappa shape index (κ1) is 27.6. The smallest absolute Gasteiger partial charge is 0.243 e. The van der Waals surface area contributed by atoms with E-state index in [0.29, 0.717) is 32.4 Å². The Bertz CT molecular complexity index is 1290. The van der Waals surface area contributed by atoms with Crippen molar-refractivity contribution < 1.29 is 14.3 Å². The van der Waals surface area contributed by atoms with Crippen LogP contribution >= 0.6 is 0 Å². The van der Waals surface area contributed by atoms with Gasteiger partial charge in [0.05, 0.1) is 7.11 Å². The molecular weight excluding hydrogens is 484 g/mol. The molecule has 0 spiro atoms. The Kier molecular flexibility index (Phi) is 10.3. The molecule has 1 atom stereocenters. The zero-order valence-electron chi connectivity index (χ0n) is 22.5. The summed E-state index contributed by atoms with van der Waals surface area (Å²) in [6.07, 6.45) is 2.10. The van der Waals surface area contributed by atoms with Crippen LogP contribution in [0.2, 0.25) is 0 Å². The van der Waals surface area contributed by atoms with E-state index in [0.717, 1.165) is 34.4 Å². The molecule has 0 aliphatic carbocycles. The summed E-state index contributed by atoms with van der Waals surface area (Å²) < 4.78 is 5.31. The summed E-state index contributed by atoms with van der Waals surface area (Å²) in [5.74, 6) is 0.561. The number of aryl methyl sites for hydroxylation is 1. The normalized spacial score (nSPS) is 11.4. The second kappa shape index (κ2) is 14.5. The Labute approximate surface area is 231 Å². The van der Waals surface area contributed by atoms with Crippen LogP contribution in [0.3, 0.4) is 0 Å². The second-order valence-corrected chi connectivity index (χ2v) is 9.59. The SMILES string of the molecule is COc1ccc(CN(C(=O)CCc2ccccc2)C(Cc2ccccc2)C(=O)NCCc2ccccc2)cc1. The number of nitrogens with one attached hydrogen (secondary N) is 1. The molecule has 0 aromatic heterocycles. The van der Waals surface area contributed by atoms with Crippen molar-refractivity contribution in [3.8, 4) is 5.75 Å². The lowest BCUT2D eigenvalue weighted by atomic mass is 10.0. The van der Waals surface area contributed by atoms with Crippen molar-refractivity contribution in [2.45, 2.75) is 38.3 Å². The van der Waals surface area contributed by atoms with Gasteiger partial charge in [0.15, 0.2) is 0 Å². The van der Waals surface area contributed by atoms with Crippen molar-refractivity contribution in [2.75, 3.05) is 13.7 Å². The number of hydrogen-bond acceptors (Lipinski definition) is 3. The van der Waals surface area contributed by atoms with E-state index in [2.05, 4.69) is 17.4 Å². The molecule has 1 unspecified atom stereocenters. The fourth-order valence-corrected chi connectivity index (χ4v) is 4.61. The molecule has 5 heteroatoms. The van der Waals surface area contributed by atoms with E-state index in [1.807, 2.05) is 103 Å². The zero-order valence-corrected chi connectivity index (χ0v) is 22.5. The fraction of sp³-hybridized carbons (Fsp3) is 0.235. The average molecular weight is 521 g/mol. The molecule has 4 rings (SSSR count). The number of rotatable bonds is 13. The number of benzene rings is 4. The Morgan fingerprint density at radius 3 is 1.79 bits per heavy atom. The van der Waals surface area contributed by atoms with E-state index in [4.69, 9.17) is 4.74 Å². The van der Waals surface area contributed by atoms with Crippen LogP contribution in [-0.4, -0.2) is 36.4 Å². The van der Waals surface area contributed by atoms with Gasteiger partial charge in [-0.3, -0.25) is 9.59 Å². The summed E-state index contributed by atoms with van der Waals surface area (Å²) in [7, 11) is 1.63. The lowest BCUT2D eigenvalue weighted by Crippen LogP contribution is -2.50. The molecule has 0 aliphatic rings. The van der Waals surface area contributed by atoms with E-state index >= 15 is 0 Å². The molecule has 0 fully saturated rings. The molecule has 0 saturated carbocycles. The summed E-state index contributed by atoms with van der Waals surface area (Å²) in [6.45, 7) is 0.837. The first-order chi connectivity index (χ1) is 19.1. The van der Waals surface area contributed by atoms with Crippen LogP contribution in [0.4, 0.5) is 0 Å². The molecule has 39 heavy (non-hydrogen) atoms. The maximum Gasteiger partial charge on any atom is 0.243 e. The van der Waals surface area contributed by atoms with E-state index in [1.54, 1.807) is 12.0 Å². The molecule has 0 bridgehead atoms. The quantitative estimate of drug-likeness (QED) is 0.249. The maximum atomic E-state index is 13.8. The van der Waals surface area contributed by atoms with Gasteiger partial charge < -0.3 is 15.0 Å². The predicted molar refractivity (Wildman–Crippen MR) is 155 cm³/mol. The lowest BCUT2D eigenvalue weighted by Gasteiger charge is -2.32. The highest BCUT2D eigenvalue weighted by Gasteiger charge is 2.30. The fourth-order valence-electron chi connectivity index (χ4n) is 4.61. The number of methoxy groups -OCH3 is 1. The highest BCUT2D eigenvalue weighted by atomic mass is 16.5. The van der Waals surface area contributed by atoms with Crippen molar-refractivity contribution in [2.24, 2.45) is 0 Å². The summed E-state index contributed by atoms with van der Waals surface area (Å²) >= 11 is 0. The van der Waals surface area contributed by atoms with Crippen LogP contribution < -0.4 is 10.1 Å². The van der Waals surface area contributed by atoms with Gasteiger partial charge in [-0.1, -0.05) is 103 Å². The van der Waals surface area contributed by atoms with Gasteiger partial charge >= 0.3 is 0 Å². The molecule has 0 aliphatic heterocycles. The van der Waals surface area contributed by atoms with Crippen LogP contribution in [0.25, 0.3) is 0 Å². The molecule has 0 heterocycles. The molecule has 200 valence electrons. The maximum absolute atomic E-state index is 13.8. The second-order valence-electron chi connectivity index (χ2n) is 9.59. The van der Waals surface area contributed by atoms with Gasteiger partial charge in [-0.05, 0) is 47.2 Å². The standard InChI is InChI=1S/C34H36N2O3/c1-39-31-20-17-30(18-21-31)26-36(33(37)22-19-27-11-5-2-6-12-27)32(25-29-15-9-4-10-16-29)34(38)35-24-23-28-13-7-3-8-14-28/h2-18,20-21,32H,19,22-26H2,1H3,(H,35,38). The van der Waals surface area contributed by atoms with Gasteiger partial charge in [0, 0.05) is 25.9 Å². The number of ether oxygens (including phenoxy) is 1. The van der Waals surface area contributed by atoms with Crippen molar-refractivity contribution >= 4 is 11.8 Å². The van der Waals surface area contributed by atoms with Crippen LogP contribution in [-0.2, 0) is 35.4 Å². The Balaban J connectivity index is 1.57. The van der Waals surface area contributed by atoms with E-state index in [1.165, 1.54) is 0 Å². The predicted octanol–water partition coefficient (Wildman–Crippen LogP) is 5.63. The molecule has 0 saturated heterocycles. The Morgan fingerprint density at radius 2 is 1.23 bits per heavy atom. The molecule has 1 N–H and O–H groups in total. The third-order valence-corrected chi connectivity index (χ3v) is 6.81. The summed E-state index contributed by atoms with van der Waals surface area (Å²) in [5, 5.41) is 3.11. The molecule has 0 radical (unpaired) electrons. The summed E-state index contributed by atoms with van der Waals surface area (Å²) in [6, 6.07) is 37.0. The topological polar surface area (TPSA) is 58.6 Å². The minimum Gasteiger partial charge on any atom is -0.497 e. The van der Waals surface area contributed by atoms with Crippen molar-refractivity contribution in [1.29, 1.82) is 0 Å². The number of carbonyl (C=O) groups excluding carboxylic acids is 2. The molecule has 5 nitrogen and oxygen atoms in total. The first-order valence-corrected chi connectivity index (χ1v) is 13.4. The van der Waals surface area contributed by atoms with Gasteiger partial charge in [-0.15, -0.1) is 0 Å². The zero-order chi connectivity index (χ0) is 27.3.